The monoisotopic (exact) mass is 461 g/mol. The Morgan fingerprint density at radius 3 is 2.59 bits per heavy atom. The van der Waals surface area contributed by atoms with Crippen LogP contribution in [-0.4, -0.2) is 35.6 Å². The average Bonchev–Trinajstić information content (AvgIpc) is 2.55. The number of primary sulfonamides is 1. The number of hydrogen-bond acceptors (Lipinski definition) is 7. The number of nitrogens with two attached hydrogens (primary N) is 1. The van der Waals surface area contributed by atoms with Crippen molar-refractivity contribution in [2.24, 2.45) is 5.14 Å². The molecular formula is C16H21BrFN5O3S. The van der Waals surface area contributed by atoms with Crippen molar-refractivity contribution in [2.45, 2.75) is 44.2 Å². The average molecular weight is 462 g/mol. The first kappa shape index (κ1) is 21.5. The minimum absolute atomic E-state index is 0.170. The van der Waals surface area contributed by atoms with Crippen molar-refractivity contribution in [3.8, 4) is 0 Å². The van der Waals surface area contributed by atoms with E-state index in [1.54, 1.807) is 20.8 Å². The summed E-state index contributed by atoms with van der Waals surface area (Å²) in [6, 6.07) is 2.25. The summed E-state index contributed by atoms with van der Waals surface area (Å²) in [5.74, 6) is -0.334. The first-order valence-corrected chi connectivity index (χ1v) is 10.5. The molecule has 148 valence electrons. The SMILES string of the molecule is CCc1cc(Nc2ncc(Br)c(N[C@H](C)[C@@H](C)O)n2)cc(F)c1S(N)(=O)=O. The molecule has 0 aliphatic rings. The number of rotatable bonds is 7. The van der Waals surface area contributed by atoms with Gasteiger partial charge in [0.15, 0.2) is 0 Å². The van der Waals surface area contributed by atoms with Crippen LogP contribution in [0.15, 0.2) is 27.7 Å². The highest BCUT2D eigenvalue weighted by Gasteiger charge is 2.20. The number of benzene rings is 1. The Kier molecular flexibility index (Phi) is 6.73. The Morgan fingerprint density at radius 1 is 1.37 bits per heavy atom. The number of nitrogens with one attached hydrogen (secondary N) is 2. The van der Waals surface area contributed by atoms with Gasteiger partial charge in [0.25, 0.3) is 0 Å². The van der Waals surface area contributed by atoms with Crippen LogP contribution in [0.4, 0.5) is 21.8 Å². The normalized spacial score (nSPS) is 13.9. The lowest BCUT2D eigenvalue weighted by Gasteiger charge is -2.18. The first-order chi connectivity index (χ1) is 12.5. The number of aliphatic hydroxyl groups excluding tert-OH is 1. The first-order valence-electron chi connectivity index (χ1n) is 8.12. The summed E-state index contributed by atoms with van der Waals surface area (Å²) >= 11 is 3.32. The van der Waals surface area contributed by atoms with Gasteiger partial charge in [0, 0.05) is 11.9 Å². The molecule has 0 saturated carbocycles. The topological polar surface area (TPSA) is 130 Å². The van der Waals surface area contributed by atoms with Crippen LogP contribution in [0.2, 0.25) is 0 Å². The molecule has 0 amide bonds. The Labute approximate surface area is 165 Å². The molecular weight excluding hydrogens is 441 g/mol. The molecule has 5 N–H and O–H groups in total. The van der Waals surface area contributed by atoms with Crippen molar-refractivity contribution in [3.63, 3.8) is 0 Å². The van der Waals surface area contributed by atoms with Crippen LogP contribution in [-0.2, 0) is 16.4 Å². The Hall–Kier alpha value is -1.82. The van der Waals surface area contributed by atoms with Crippen LogP contribution in [0.25, 0.3) is 0 Å². The zero-order valence-corrected chi connectivity index (χ0v) is 17.4. The Bertz CT molecular complexity index is 940. The molecule has 11 heteroatoms. The van der Waals surface area contributed by atoms with Crippen molar-refractivity contribution < 1.29 is 17.9 Å². The van der Waals surface area contributed by atoms with Gasteiger partial charge in [-0.3, -0.25) is 0 Å². The van der Waals surface area contributed by atoms with Gasteiger partial charge in [-0.15, -0.1) is 0 Å². The van der Waals surface area contributed by atoms with Gasteiger partial charge in [-0.1, -0.05) is 6.92 Å². The van der Waals surface area contributed by atoms with Crippen LogP contribution in [0.5, 0.6) is 0 Å². The largest absolute Gasteiger partial charge is 0.391 e. The van der Waals surface area contributed by atoms with Crippen LogP contribution in [0.1, 0.15) is 26.3 Å². The molecule has 1 aromatic carbocycles. The molecule has 0 bridgehead atoms. The van der Waals surface area contributed by atoms with E-state index in [2.05, 4.69) is 36.5 Å². The third kappa shape index (κ3) is 5.34. The van der Waals surface area contributed by atoms with Gasteiger partial charge in [0.05, 0.1) is 16.6 Å². The minimum Gasteiger partial charge on any atom is -0.391 e. The zero-order chi connectivity index (χ0) is 20.4. The van der Waals surface area contributed by atoms with Crippen molar-refractivity contribution in [3.05, 3.63) is 34.2 Å². The second-order valence-corrected chi connectivity index (χ2v) is 8.39. The second kappa shape index (κ2) is 8.46. The van der Waals surface area contributed by atoms with E-state index in [1.807, 2.05) is 0 Å². The predicted molar refractivity (Wildman–Crippen MR) is 105 cm³/mol. The van der Waals surface area contributed by atoms with E-state index in [0.717, 1.165) is 6.07 Å². The molecule has 0 spiro atoms. The van der Waals surface area contributed by atoms with E-state index in [-0.39, 0.29) is 29.7 Å². The summed E-state index contributed by atoms with van der Waals surface area (Å²) in [7, 11) is -4.17. The van der Waals surface area contributed by atoms with Gasteiger partial charge in [0.2, 0.25) is 16.0 Å². The van der Waals surface area contributed by atoms with E-state index in [1.165, 1.54) is 12.3 Å². The lowest BCUT2D eigenvalue weighted by molar-refractivity contribution is 0.177. The van der Waals surface area contributed by atoms with Crippen molar-refractivity contribution in [2.75, 3.05) is 10.6 Å². The molecule has 0 unspecified atom stereocenters. The predicted octanol–water partition coefficient (Wildman–Crippen LogP) is 2.51. The third-order valence-electron chi connectivity index (χ3n) is 3.87. The molecule has 8 nitrogen and oxygen atoms in total. The zero-order valence-electron chi connectivity index (χ0n) is 15.0. The summed E-state index contributed by atoms with van der Waals surface area (Å²) in [4.78, 5) is 7.88. The Balaban J connectivity index is 2.36. The smallest absolute Gasteiger partial charge is 0.241 e. The van der Waals surface area contributed by atoms with Crippen molar-refractivity contribution in [1.82, 2.24) is 9.97 Å². The number of hydrogen-bond donors (Lipinski definition) is 4. The Morgan fingerprint density at radius 2 is 2.04 bits per heavy atom. The van der Waals surface area contributed by atoms with E-state index in [9.17, 15) is 17.9 Å². The highest BCUT2D eigenvalue weighted by Crippen LogP contribution is 2.27. The van der Waals surface area contributed by atoms with Gasteiger partial charge in [-0.05, 0) is 53.9 Å². The fourth-order valence-corrected chi connectivity index (χ4v) is 3.50. The molecule has 2 aromatic rings. The number of aromatic nitrogens is 2. The molecule has 0 fully saturated rings. The maximum atomic E-state index is 14.3. The summed E-state index contributed by atoms with van der Waals surface area (Å²) < 4.78 is 38.1. The van der Waals surface area contributed by atoms with Crippen LogP contribution >= 0.6 is 15.9 Å². The molecule has 0 saturated heterocycles. The van der Waals surface area contributed by atoms with Gasteiger partial charge < -0.3 is 15.7 Å². The van der Waals surface area contributed by atoms with Gasteiger partial charge in [0.1, 0.15) is 16.5 Å². The molecule has 1 aromatic heterocycles. The van der Waals surface area contributed by atoms with E-state index >= 15 is 0 Å². The number of anilines is 3. The maximum absolute atomic E-state index is 14.3. The number of aryl methyl sites for hydroxylation is 1. The highest BCUT2D eigenvalue weighted by molar-refractivity contribution is 9.10. The highest BCUT2D eigenvalue weighted by atomic mass is 79.9. The molecule has 27 heavy (non-hydrogen) atoms. The number of sulfonamides is 1. The van der Waals surface area contributed by atoms with Gasteiger partial charge >= 0.3 is 0 Å². The molecule has 2 atom stereocenters. The van der Waals surface area contributed by atoms with Gasteiger partial charge in [-0.25, -0.2) is 22.9 Å². The number of halogens is 2. The van der Waals surface area contributed by atoms with E-state index in [4.69, 9.17) is 5.14 Å². The van der Waals surface area contributed by atoms with Crippen molar-refractivity contribution >= 4 is 43.4 Å². The molecule has 2 rings (SSSR count). The fraction of sp³-hybridized carbons (Fsp3) is 0.375. The quantitative estimate of drug-likeness (QED) is 0.498. The minimum atomic E-state index is -4.17. The lowest BCUT2D eigenvalue weighted by atomic mass is 10.1. The molecule has 0 radical (unpaired) electrons. The van der Waals surface area contributed by atoms with Gasteiger partial charge in [-0.2, -0.15) is 4.98 Å². The summed E-state index contributed by atoms with van der Waals surface area (Å²) in [6.07, 6.45) is 1.18. The van der Waals surface area contributed by atoms with E-state index in [0.29, 0.717) is 10.3 Å². The molecule has 0 aliphatic heterocycles. The third-order valence-corrected chi connectivity index (χ3v) is 5.48. The van der Waals surface area contributed by atoms with Crippen LogP contribution in [0, 0.1) is 5.82 Å². The summed E-state index contributed by atoms with van der Waals surface area (Å²) in [6.45, 7) is 5.14. The maximum Gasteiger partial charge on any atom is 0.241 e. The standard InChI is InChI=1S/C16H21BrFN5O3S/c1-4-10-5-11(6-13(18)14(10)27(19,25)26)22-16-20-7-12(17)15(23-16)21-8(2)9(3)24/h5-9,24H,4H2,1-3H3,(H2,19,25,26)(H2,20,21,22,23)/t8-,9-/m1/s1. The lowest BCUT2D eigenvalue weighted by Crippen LogP contribution is -2.28. The fourth-order valence-electron chi connectivity index (χ4n) is 2.30. The number of nitrogens with zero attached hydrogens (tertiary/aromatic N) is 2. The summed E-state index contributed by atoms with van der Waals surface area (Å²) in [5, 5.41) is 20.6. The van der Waals surface area contributed by atoms with E-state index < -0.39 is 26.8 Å². The number of aliphatic hydroxyl groups is 1. The molecule has 0 aliphatic carbocycles. The van der Waals surface area contributed by atoms with Crippen LogP contribution < -0.4 is 15.8 Å². The second-order valence-electron chi connectivity index (χ2n) is 6.03. The molecule has 1 heterocycles. The summed E-state index contributed by atoms with van der Waals surface area (Å²) in [5.41, 5.74) is 0.534. The van der Waals surface area contributed by atoms with Crippen molar-refractivity contribution in [1.29, 1.82) is 0 Å². The van der Waals surface area contributed by atoms with Crippen LogP contribution in [0.3, 0.4) is 0 Å².